The Labute approximate surface area is 124 Å². The molecule has 0 saturated heterocycles. The van der Waals surface area contributed by atoms with Crippen molar-refractivity contribution in [1.82, 2.24) is 0 Å². The fourth-order valence-electron chi connectivity index (χ4n) is 2.25. The van der Waals surface area contributed by atoms with Gasteiger partial charge in [0.25, 0.3) is 0 Å². The Bertz CT molecular complexity index is 520. The molecule has 2 nitrogen and oxygen atoms in total. The number of rotatable bonds is 1. The van der Waals surface area contributed by atoms with E-state index in [2.05, 4.69) is 31.9 Å². The summed E-state index contributed by atoms with van der Waals surface area (Å²) >= 11 is 7.02. The second-order valence-corrected chi connectivity index (χ2v) is 6.15. The predicted octanol–water partition coefficient (Wildman–Crippen LogP) is 4.66. The lowest BCUT2D eigenvalue weighted by atomic mass is 9.94. The summed E-state index contributed by atoms with van der Waals surface area (Å²) in [5.41, 5.74) is 17.9. The number of hydrogen-bond acceptors (Lipinski definition) is 2. The first-order valence-electron chi connectivity index (χ1n) is 5.51. The topological polar surface area (TPSA) is 52.0 Å². The van der Waals surface area contributed by atoms with Crippen LogP contribution in [0.2, 0.25) is 0 Å². The molecule has 0 fully saturated rings. The van der Waals surface area contributed by atoms with E-state index in [1.807, 2.05) is 38.1 Å². The van der Waals surface area contributed by atoms with Gasteiger partial charge in [0, 0.05) is 25.9 Å². The van der Waals surface area contributed by atoms with Crippen molar-refractivity contribution < 1.29 is 0 Å². The summed E-state index contributed by atoms with van der Waals surface area (Å²) in [5.74, 6) is 0. The van der Waals surface area contributed by atoms with E-state index >= 15 is 0 Å². The highest BCUT2D eigenvalue weighted by Crippen LogP contribution is 2.40. The molecule has 0 aliphatic rings. The molecule has 0 aromatic heterocycles. The van der Waals surface area contributed by atoms with Crippen molar-refractivity contribution >= 4 is 43.2 Å². The molecule has 0 saturated carbocycles. The minimum absolute atomic E-state index is 0.743. The van der Waals surface area contributed by atoms with Gasteiger partial charge in [-0.25, -0.2) is 0 Å². The van der Waals surface area contributed by atoms with Gasteiger partial charge < -0.3 is 11.5 Å². The van der Waals surface area contributed by atoms with Crippen LogP contribution in [0.25, 0.3) is 11.1 Å². The van der Waals surface area contributed by atoms with Crippen LogP contribution in [0, 0.1) is 13.8 Å². The zero-order valence-corrected chi connectivity index (χ0v) is 13.4. The molecule has 0 spiro atoms. The van der Waals surface area contributed by atoms with Gasteiger partial charge in [0.1, 0.15) is 0 Å². The van der Waals surface area contributed by atoms with E-state index in [4.69, 9.17) is 11.5 Å². The van der Waals surface area contributed by atoms with E-state index in [-0.39, 0.29) is 0 Å². The molecule has 0 bridgehead atoms. The molecule has 94 valence electrons. The van der Waals surface area contributed by atoms with Crippen LogP contribution in [0.3, 0.4) is 0 Å². The first-order chi connectivity index (χ1) is 8.40. The highest BCUT2D eigenvalue weighted by Gasteiger charge is 2.14. The normalized spacial score (nSPS) is 10.7. The smallest absolute Gasteiger partial charge is 0.0416 e. The molecule has 0 unspecified atom stereocenters. The minimum Gasteiger partial charge on any atom is -0.399 e. The minimum atomic E-state index is 0.743. The van der Waals surface area contributed by atoms with Gasteiger partial charge in [-0.3, -0.25) is 0 Å². The second kappa shape index (κ2) is 4.94. The second-order valence-electron chi connectivity index (χ2n) is 4.38. The Morgan fingerprint density at radius 1 is 0.833 bits per heavy atom. The summed E-state index contributed by atoms with van der Waals surface area (Å²) in [4.78, 5) is 0. The van der Waals surface area contributed by atoms with Crippen LogP contribution in [0.15, 0.2) is 33.2 Å². The lowest BCUT2D eigenvalue weighted by Crippen LogP contribution is -1.97. The average molecular weight is 370 g/mol. The maximum absolute atomic E-state index is 6.14. The summed E-state index contributed by atoms with van der Waals surface area (Å²) in [6, 6.07) is 7.85. The maximum atomic E-state index is 6.14. The quantitative estimate of drug-likeness (QED) is 0.718. The summed E-state index contributed by atoms with van der Waals surface area (Å²) in [6.45, 7) is 4.10. The Morgan fingerprint density at radius 2 is 1.39 bits per heavy atom. The standard InChI is InChI=1S/C14H14Br2N2/c1-7-3-10(17)4-8(2)13(7)14-11(16)5-9(15)6-12(14)18/h3-6H,17-18H2,1-2H3. The highest BCUT2D eigenvalue weighted by atomic mass is 79.9. The Morgan fingerprint density at radius 3 is 1.89 bits per heavy atom. The zero-order chi connectivity index (χ0) is 13.4. The molecule has 0 amide bonds. The van der Waals surface area contributed by atoms with Gasteiger partial charge in [0.05, 0.1) is 0 Å². The largest absolute Gasteiger partial charge is 0.399 e. The van der Waals surface area contributed by atoms with Gasteiger partial charge in [-0.2, -0.15) is 0 Å². The SMILES string of the molecule is Cc1cc(N)cc(C)c1-c1c(N)cc(Br)cc1Br. The number of nitrogen functional groups attached to an aromatic ring is 2. The van der Waals surface area contributed by atoms with Crippen molar-refractivity contribution in [2.75, 3.05) is 11.5 Å². The van der Waals surface area contributed by atoms with Crippen LogP contribution < -0.4 is 11.5 Å². The van der Waals surface area contributed by atoms with Crippen molar-refractivity contribution in [3.8, 4) is 11.1 Å². The van der Waals surface area contributed by atoms with Crippen LogP contribution in [-0.4, -0.2) is 0 Å². The van der Waals surface area contributed by atoms with Crippen LogP contribution >= 0.6 is 31.9 Å². The van der Waals surface area contributed by atoms with Crippen molar-refractivity contribution in [1.29, 1.82) is 0 Å². The molecule has 2 rings (SSSR count). The van der Waals surface area contributed by atoms with E-state index in [9.17, 15) is 0 Å². The van der Waals surface area contributed by atoms with Crippen molar-refractivity contribution in [3.05, 3.63) is 44.3 Å². The van der Waals surface area contributed by atoms with Gasteiger partial charge in [0.15, 0.2) is 0 Å². The molecule has 0 radical (unpaired) electrons. The number of benzene rings is 2. The number of anilines is 2. The number of nitrogens with two attached hydrogens (primary N) is 2. The van der Waals surface area contributed by atoms with Gasteiger partial charge in [0.2, 0.25) is 0 Å². The number of aryl methyl sites for hydroxylation is 2. The van der Waals surface area contributed by atoms with Crippen LogP contribution in [-0.2, 0) is 0 Å². The van der Waals surface area contributed by atoms with Gasteiger partial charge in [-0.1, -0.05) is 31.9 Å². The molecule has 0 aliphatic heterocycles. The highest BCUT2D eigenvalue weighted by molar-refractivity contribution is 9.11. The van der Waals surface area contributed by atoms with Crippen molar-refractivity contribution in [3.63, 3.8) is 0 Å². The van der Waals surface area contributed by atoms with Crippen LogP contribution in [0.1, 0.15) is 11.1 Å². The Kier molecular flexibility index (Phi) is 3.69. The molecule has 2 aromatic rings. The average Bonchev–Trinajstić information content (AvgIpc) is 2.20. The lowest BCUT2D eigenvalue weighted by Gasteiger charge is -2.15. The zero-order valence-electron chi connectivity index (χ0n) is 10.2. The Hall–Kier alpha value is -1.00. The van der Waals surface area contributed by atoms with E-state index in [1.165, 1.54) is 0 Å². The molecule has 4 N–H and O–H groups in total. The first kappa shape index (κ1) is 13.4. The first-order valence-corrected chi connectivity index (χ1v) is 7.10. The third-order valence-electron chi connectivity index (χ3n) is 2.89. The van der Waals surface area contributed by atoms with Crippen molar-refractivity contribution in [2.24, 2.45) is 0 Å². The maximum Gasteiger partial charge on any atom is 0.0416 e. The van der Waals surface area contributed by atoms with Crippen molar-refractivity contribution in [2.45, 2.75) is 13.8 Å². The number of hydrogen-bond donors (Lipinski definition) is 2. The molecule has 0 heterocycles. The molecular formula is C14H14Br2N2. The number of halogens is 2. The van der Waals surface area contributed by atoms with E-state index in [1.54, 1.807) is 0 Å². The van der Waals surface area contributed by atoms with E-state index < -0.39 is 0 Å². The van der Waals surface area contributed by atoms with Gasteiger partial charge in [-0.15, -0.1) is 0 Å². The van der Waals surface area contributed by atoms with E-state index in [0.717, 1.165) is 42.6 Å². The molecule has 18 heavy (non-hydrogen) atoms. The molecule has 0 aliphatic carbocycles. The molecule has 0 atom stereocenters. The predicted molar refractivity (Wildman–Crippen MR) is 85.6 cm³/mol. The van der Waals surface area contributed by atoms with E-state index in [0.29, 0.717) is 0 Å². The van der Waals surface area contributed by atoms with Gasteiger partial charge >= 0.3 is 0 Å². The Balaban J connectivity index is 2.78. The third-order valence-corrected chi connectivity index (χ3v) is 3.97. The molecule has 2 aromatic carbocycles. The summed E-state index contributed by atoms with van der Waals surface area (Å²) in [5, 5.41) is 0. The van der Waals surface area contributed by atoms with Crippen LogP contribution in [0.5, 0.6) is 0 Å². The monoisotopic (exact) mass is 368 g/mol. The fourth-order valence-corrected chi connectivity index (χ4v) is 3.71. The molecular weight excluding hydrogens is 356 g/mol. The lowest BCUT2D eigenvalue weighted by molar-refractivity contribution is 1.37. The molecule has 4 heteroatoms. The third kappa shape index (κ3) is 2.40. The fraction of sp³-hybridized carbons (Fsp3) is 0.143. The summed E-state index contributed by atoms with van der Waals surface area (Å²) < 4.78 is 1.94. The summed E-state index contributed by atoms with van der Waals surface area (Å²) in [6.07, 6.45) is 0. The van der Waals surface area contributed by atoms with Gasteiger partial charge in [-0.05, 0) is 54.8 Å². The summed E-state index contributed by atoms with van der Waals surface area (Å²) in [7, 11) is 0. The van der Waals surface area contributed by atoms with Crippen LogP contribution in [0.4, 0.5) is 11.4 Å².